The standard InChI is InChI=1S/C20H24O8/c1-22-12-8-7-10(16(24-3)17(12)25-4)15-11-9-13(23-2)18(26-5)19(27-6)14(11)20(21)28-15/h7-9,15,20-21H,1-6H3. The summed E-state index contributed by atoms with van der Waals surface area (Å²) in [5.41, 5.74) is 1.81. The molecule has 28 heavy (non-hydrogen) atoms. The Morgan fingerprint density at radius 3 is 1.79 bits per heavy atom. The van der Waals surface area contributed by atoms with E-state index in [-0.39, 0.29) is 0 Å². The van der Waals surface area contributed by atoms with E-state index in [1.54, 1.807) is 25.3 Å². The number of hydrogen-bond acceptors (Lipinski definition) is 8. The molecule has 0 aromatic heterocycles. The molecule has 0 fully saturated rings. The Hall–Kier alpha value is -2.84. The first-order valence-electron chi connectivity index (χ1n) is 8.51. The number of fused-ring (bicyclic) bond motifs is 1. The lowest BCUT2D eigenvalue weighted by Gasteiger charge is -2.20. The van der Waals surface area contributed by atoms with Crippen molar-refractivity contribution in [2.45, 2.75) is 12.4 Å². The average molecular weight is 392 g/mol. The number of aliphatic hydroxyl groups excluding tert-OH is 1. The second-order valence-electron chi connectivity index (χ2n) is 5.94. The van der Waals surface area contributed by atoms with Crippen molar-refractivity contribution in [3.63, 3.8) is 0 Å². The summed E-state index contributed by atoms with van der Waals surface area (Å²) in [7, 11) is 9.13. The molecule has 0 saturated heterocycles. The summed E-state index contributed by atoms with van der Waals surface area (Å²) in [6.45, 7) is 0. The van der Waals surface area contributed by atoms with E-state index in [0.717, 1.165) is 0 Å². The highest BCUT2D eigenvalue weighted by atomic mass is 16.6. The topological polar surface area (TPSA) is 84.8 Å². The predicted molar refractivity (Wildman–Crippen MR) is 100 cm³/mol. The Labute approximate surface area is 163 Å². The van der Waals surface area contributed by atoms with E-state index in [1.165, 1.54) is 35.5 Å². The number of benzene rings is 2. The Balaban J connectivity index is 2.24. The van der Waals surface area contributed by atoms with E-state index in [4.69, 9.17) is 33.2 Å². The summed E-state index contributed by atoms with van der Waals surface area (Å²) in [5.74, 6) is 2.59. The molecule has 0 bridgehead atoms. The van der Waals surface area contributed by atoms with Crippen LogP contribution in [0.25, 0.3) is 0 Å². The van der Waals surface area contributed by atoms with Crippen LogP contribution in [0.5, 0.6) is 34.5 Å². The number of ether oxygens (including phenoxy) is 7. The van der Waals surface area contributed by atoms with Crippen LogP contribution in [-0.4, -0.2) is 47.8 Å². The van der Waals surface area contributed by atoms with Gasteiger partial charge >= 0.3 is 0 Å². The van der Waals surface area contributed by atoms with Crippen molar-refractivity contribution in [2.24, 2.45) is 0 Å². The molecule has 1 aliphatic rings. The zero-order chi connectivity index (χ0) is 20.4. The Bertz CT molecular complexity index is 864. The average Bonchev–Trinajstić information content (AvgIpc) is 3.06. The van der Waals surface area contributed by atoms with Gasteiger partial charge in [-0.25, -0.2) is 0 Å². The van der Waals surface area contributed by atoms with Gasteiger partial charge in [0.05, 0.1) is 48.2 Å². The van der Waals surface area contributed by atoms with Gasteiger partial charge in [0.15, 0.2) is 29.3 Å². The number of methoxy groups -OCH3 is 6. The van der Waals surface area contributed by atoms with Gasteiger partial charge in [0.25, 0.3) is 0 Å². The molecule has 0 aliphatic carbocycles. The largest absolute Gasteiger partial charge is 0.493 e. The molecule has 8 heteroatoms. The summed E-state index contributed by atoms with van der Waals surface area (Å²) >= 11 is 0. The van der Waals surface area contributed by atoms with Crippen LogP contribution in [0.3, 0.4) is 0 Å². The quantitative estimate of drug-likeness (QED) is 0.770. The van der Waals surface area contributed by atoms with Crippen LogP contribution in [-0.2, 0) is 4.74 Å². The minimum absolute atomic E-state index is 0.353. The molecule has 0 amide bonds. The van der Waals surface area contributed by atoms with Gasteiger partial charge in [0, 0.05) is 11.1 Å². The third-order valence-corrected chi connectivity index (χ3v) is 4.71. The van der Waals surface area contributed by atoms with Crippen LogP contribution in [0.15, 0.2) is 18.2 Å². The van der Waals surface area contributed by atoms with E-state index >= 15 is 0 Å². The maximum Gasteiger partial charge on any atom is 0.203 e. The molecule has 2 atom stereocenters. The van der Waals surface area contributed by atoms with Crippen LogP contribution >= 0.6 is 0 Å². The summed E-state index contributed by atoms with van der Waals surface area (Å²) in [4.78, 5) is 0. The smallest absolute Gasteiger partial charge is 0.203 e. The van der Waals surface area contributed by atoms with Gasteiger partial charge in [-0.05, 0) is 18.2 Å². The van der Waals surface area contributed by atoms with Crippen molar-refractivity contribution in [3.8, 4) is 34.5 Å². The molecule has 2 aromatic carbocycles. The second-order valence-corrected chi connectivity index (χ2v) is 5.94. The molecule has 0 spiro atoms. The van der Waals surface area contributed by atoms with Crippen molar-refractivity contribution in [3.05, 3.63) is 34.9 Å². The number of rotatable bonds is 7. The molecule has 152 valence electrons. The molecule has 1 aliphatic heterocycles. The van der Waals surface area contributed by atoms with Crippen LogP contribution < -0.4 is 28.4 Å². The molecular formula is C20H24O8. The van der Waals surface area contributed by atoms with Gasteiger partial charge in [-0.3, -0.25) is 0 Å². The van der Waals surface area contributed by atoms with E-state index in [1.807, 2.05) is 0 Å². The van der Waals surface area contributed by atoms with Gasteiger partial charge < -0.3 is 38.3 Å². The fourth-order valence-electron chi connectivity index (χ4n) is 3.51. The zero-order valence-electron chi connectivity index (χ0n) is 16.7. The lowest BCUT2D eigenvalue weighted by molar-refractivity contribution is -0.110. The fourth-order valence-corrected chi connectivity index (χ4v) is 3.51. The van der Waals surface area contributed by atoms with Crippen molar-refractivity contribution in [1.82, 2.24) is 0 Å². The van der Waals surface area contributed by atoms with Crippen molar-refractivity contribution in [1.29, 1.82) is 0 Å². The second kappa shape index (κ2) is 8.04. The highest BCUT2D eigenvalue weighted by Crippen LogP contribution is 2.55. The summed E-state index contributed by atoms with van der Waals surface area (Å²) in [6.07, 6.45) is -1.86. The van der Waals surface area contributed by atoms with Crippen LogP contribution in [0.4, 0.5) is 0 Å². The third-order valence-electron chi connectivity index (χ3n) is 4.71. The van der Waals surface area contributed by atoms with E-state index in [0.29, 0.717) is 51.2 Å². The van der Waals surface area contributed by atoms with Crippen molar-refractivity contribution >= 4 is 0 Å². The number of aliphatic hydroxyl groups is 1. The third kappa shape index (κ3) is 2.94. The molecule has 2 aromatic rings. The minimum atomic E-state index is -1.22. The van der Waals surface area contributed by atoms with E-state index < -0.39 is 12.4 Å². The van der Waals surface area contributed by atoms with Crippen LogP contribution in [0, 0.1) is 0 Å². The molecular weight excluding hydrogens is 368 g/mol. The van der Waals surface area contributed by atoms with Crippen LogP contribution in [0.1, 0.15) is 29.1 Å². The van der Waals surface area contributed by atoms with Crippen molar-refractivity contribution < 1.29 is 38.3 Å². The molecule has 8 nitrogen and oxygen atoms in total. The summed E-state index contributed by atoms with van der Waals surface area (Å²) in [5, 5.41) is 10.6. The molecule has 0 saturated carbocycles. The fraction of sp³-hybridized carbons (Fsp3) is 0.400. The molecule has 1 heterocycles. The first-order chi connectivity index (χ1) is 13.6. The SMILES string of the molecule is COc1ccc(C2OC(O)c3c2cc(OC)c(OC)c3OC)c(OC)c1OC. The predicted octanol–water partition coefficient (Wildman–Crippen LogP) is 2.85. The molecule has 2 unspecified atom stereocenters. The molecule has 3 rings (SSSR count). The van der Waals surface area contributed by atoms with Crippen molar-refractivity contribution in [2.75, 3.05) is 42.7 Å². The lowest BCUT2D eigenvalue weighted by Crippen LogP contribution is -2.05. The Morgan fingerprint density at radius 2 is 1.25 bits per heavy atom. The molecule has 0 radical (unpaired) electrons. The van der Waals surface area contributed by atoms with Gasteiger partial charge in [0.2, 0.25) is 11.5 Å². The van der Waals surface area contributed by atoms with Gasteiger partial charge in [-0.2, -0.15) is 0 Å². The molecule has 1 N–H and O–H groups in total. The first-order valence-corrected chi connectivity index (χ1v) is 8.51. The monoisotopic (exact) mass is 392 g/mol. The zero-order valence-corrected chi connectivity index (χ0v) is 16.7. The maximum absolute atomic E-state index is 10.6. The summed E-state index contributed by atoms with van der Waals surface area (Å²) in [6, 6.07) is 5.31. The minimum Gasteiger partial charge on any atom is -0.493 e. The van der Waals surface area contributed by atoms with Gasteiger partial charge in [-0.15, -0.1) is 0 Å². The van der Waals surface area contributed by atoms with E-state index in [9.17, 15) is 5.11 Å². The summed E-state index contributed by atoms with van der Waals surface area (Å²) < 4.78 is 38.6. The maximum atomic E-state index is 10.6. The van der Waals surface area contributed by atoms with Gasteiger partial charge in [0.1, 0.15) is 6.10 Å². The van der Waals surface area contributed by atoms with Gasteiger partial charge in [-0.1, -0.05) is 0 Å². The first kappa shape index (κ1) is 19.9. The normalized spacial score (nSPS) is 17.7. The van der Waals surface area contributed by atoms with E-state index in [2.05, 4.69) is 0 Å². The highest BCUT2D eigenvalue weighted by Gasteiger charge is 2.39. The lowest BCUT2D eigenvalue weighted by atomic mass is 9.96. The van der Waals surface area contributed by atoms with Crippen LogP contribution in [0.2, 0.25) is 0 Å². The Kier molecular flexibility index (Phi) is 5.71. The Morgan fingerprint density at radius 1 is 0.679 bits per heavy atom. The highest BCUT2D eigenvalue weighted by molar-refractivity contribution is 5.64. The number of hydrogen-bond donors (Lipinski definition) is 1.